The van der Waals surface area contributed by atoms with Gasteiger partial charge in [0.2, 0.25) is 0 Å². The maximum Gasteiger partial charge on any atom is 0.573 e. The Morgan fingerprint density at radius 1 is 1.22 bits per heavy atom. The fourth-order valence-electron chi connectivity index (χ4n) is 2.44. The van der Waals surface area contributed by atoms with Gasteiger partial charge in [0.15, 0.2) is 0 Å². The molecule has 0 aliphatic carbocycles. The molecule has 1 N–H and O–H groups in total. The predicted octanol–water partition coefficient (Wildman–Crippen LogP) is 3.62. The Bertz CT molecular complexity index is 810. The lowest BCUT2D eigenvalue weighted by Crippen LogP contribution is -2.16. The zero-order valence-electron chi connectivity index (χ0n) is 12.3. The molecule has 0 aliphatic heterocycles. The van der Waals surface area contributed by atoms with E-state index in [0.29, 0.717) is 6.54 Å². The first-order valence-corrected chi connectivity index (χ1v) is 6.92. The molecule has 0 amide bonds. The van der Waals surface area contributed by atoms with E-state index in [-0.39, 0.29) is 5.75 Å². The number of nitrogens with one attached hydrogen (secondary N) is 1. The van der Waals surface area contributed by atoms with E-state index in [4.69, 9.17) is 0 Å². The summed E-state index contributed by atoms with van der Waals surface area (Å²) in [5, 5.41) is 3.08. The maximum absolute atomic E-state index is 12.2. The van der Waals surface area contributed by atoms with Crippen LogP contribution in [0.5, 0.6) is 5.75 Å². The van der Waals surface area contributed by atoms with Gasteiger partial charge in [0, 0.05) is 30.7 Å². The van der Waals surface area contributed by atoms with Gasteiger partial charge >= 0.3 is 6.36 Å². The van der Waals surface area contributed by atoms with Crippen LogP contribution < -0.4 is 10.1 Å². The van der Waals surface area contributed by atoms with E-state index in [9.17, 15) is 13.2 Å². The molecule has 3 rings (SSSR count). The van der Waals surface area contributed by atoms with Crippen molar-refractivity contribution < 1.29 is 17.9 Å². The number of rotatable bonds is 4. The minimum atomic E-state index is -4.69. The minimum Gasteiger partial charge on any atom is -0.406 e. The van der Waals surface area contributed by atoms with E-state index in [1.807, 2.05) is 29.9 Å². The van der Waals surface area contributed by atoms with Crippen molar-refractivity contribution in [1.82, 2.24) is 14.7 Å². The van der Waals surface area contributed by atoms with E-state index in [1.54, 1.807) is 18.3 Å². The number of alkyl halides is 3. The second-order valence-electron chi connectivity index (χ2n) is 5.02. The zero-order chi connectivity index (χ0) is 16.4. The normalized spacial score (nSPS) is 11.8. The first-order valence-electron chi connectivity index (χ1n) is 6.92. The van der Waals surface area contributed by atoms with E-state index < -0.39 is 6.36 Å². The Balaban J connectivity index is 2.00. The molecule has 0 saturated carbocycles. The van der Waals surface area contributed by atoms with Crippen molar-refractivity contribution in [2.45, 2.75) is 12.9 Å². The molecule has 120 valence electrons. The minimum absolute atomic E-state index is 0.244. The molecular weight excluding hydrogens is 307 g/mol. The number of aromatic nitrogens is 2. The lowest BCUT2D eigenvalue weighted by atomic mass is 10.0. The number of hydrogen-bond acceptors (Lipinski definition) is 3. The summed E-state index contributed by atoms with van der Waals surface area (Å²) in [6.07, 6.45) is 0.788. The van der Waals surface area contributed by atoms with Crippen molar-refractivity contribution in [3.63, 3.8) is 0 Å². The Hall–Kier alpha value is -2.54. The summed E-state index contributed by atoms with van der Waals surface area (Å²) in [7, 11) is 1.85. The summed E-state index contributed by atoms with van der Waals surface area (Å²) in [6, 6.07) is 7.75. The zero-order valence-corrected chi connectivity index (χ0v) is 12.3. The number of ether oxygens (including phenoxy) is 1. The van der Waals surface area contributed by atoms with Crippen molar-refractivity contribution in [1.29, 1.82) is 0 Å². The first-order chi connectivity index (χ1) is 11.0. The molecule has 2 aromatic heterocycles. The molecule has 3 aromatic rings. The summed E-state index contributed by atoms with van der Waals surface area (Å²) in [4.78, 5) is 4.31. The Kier molecular flexibility index (Phi) is 3.96. The van der Waals surface area contributed by atoms with Gasteiger partial charge in [-0.3, -0.25) is 0 Å². The number of benzene rings is 1. The van der Waals surface area contributed by atoms with Crippen LogP contribution in [-0.2, 0) is 6.54 Å². The number of pyridine rings is 1. The van der Waals surface area contributed by atoms with Gasteiger partial charge in [-0.05, 0) is 36.4 Å². The Labute approximate surface area is 130 Å². The number of fused-ring (bicyclic) bond motifs is 1. The molecule has 0 bridgehead atoms. The van der Waals surface area contributed by atoms with E-state index in [0.717, 1.165) is 22.3 Å². The second-order valence-corrected chi connectivity index (χ2v) is 5.02. The Morgan fingerprint density at radius 2 is 1.96 bits per heavy atom. The Morgan fingerprint density at radius 3 is 2.61 bits per heavy atom. The molecule has 23 heavy (non-hydrogen) atoms. The van der Waals surface area contributed by atoms with E-state index >= 15 is 0 Å². The molecule has 0 fully saturated rings. The highest BCUT2D eigenvalue weighted by Crippen LogP contribution is 2.29. The molecule has 1 aromatic carbocycles. The third-order valence-electron chi connectivity index (χ3n) is 3.32. The second kappa shape index (κ2) is 5.92. The molecular formula is C16H14F3N3O. The van der Waals surface area contributed by atoms with Gasteiger partial charge in [0.1, 0.15) is 11.4 Å². The number of imidazole rings is 1. The average Bonchev–Trinajstić information content (AvgIpc) is 2.94. The van der Waals surface area contributed by atoms with Crippen LogP contribution in [0.15, 0.2) is 48.9 Å². The summed E-state index contributed by atoms with van der Waals surface area (Å²) in [5.74, 6) is -0.244. The van der Waals surface area contributed by atoms with Crippen LogP contribution in [0.1, 0.15) is 5.56 Å². The molecule has 2 heterocycles. The summed E-state index contributed by atoms with van der Waals surface area (Å²) < 4.78 is 42.5. The highest BCUT2D eigenvalue weighted by atomic mass is 19.4. The average molecular weight is 321 g/mol. The maximum atomic E-state index is 12.2. The molecule has 0 atom stereocenters. The van der Waals surface area contributed by atoms with Crippen molar-refractivity contribution in [2.75, 3.05) is 7.05 Å². The van der Waals surface area contributed by atoms with Gasteiger partial charge in [-0.25, -0.2) is 4.98 Å². The fraction of sp³-hybridized carbons (Fsp3) is 0.188. The third-order valence-corrected chi connectivity index (χ3v) is 3.32. The smallest absolute Gasteiger partial charge is 0.406 e. The van der Waals surface area contributed by atoms with Crippen LogP contribution in [-0.4, -0.2) is 22.8 Å². The van der Waals surface area contributed by atoms with Gasteiger partial charge in [-0.2, -0.15) is 0 Å². The molecule has 0 spiro atoms. The lowest BCUT2D eigenvalue weighted by Gasteiger charge is -2.11. The van der Waals surface area contributed by atoms with Crippen molar-refractivity contribution in [2.24, 2.45) is 0 Å². The topological polar surface area (TPSA) is 38.6 Å². The van der Waals surface area contributed by atoms with Crippen molar-refractivity contribution in [3.05, 3.63) is 54.5 Å². The number of hydrogen-bond donors (Lipinski definition) is 1. The molecule has 7 heteroatoms. The van der Waals surface area contributed by atoms with Gasteiger partial charge in [0.05, 0.1) is 0 Å². The third kappa shape index (κ3) is 3.45. The molecule has 0 radical (unpaired) electrons. The van der Waals surface area contributed by atoms with Crippen LogP contribution >= 0.6 is 0 Å². The number of halogens is 3. The van der Waals surface area contributed by atoms with Crippen molar-refractivity contribution in [3.8, 4) is 16.9 Å². The van der Waals surface area contributed by atoms with Crippen LogP contribution in [0.25, 0.3) is 16.8 Å². The largest absolute Gasteiger partial charge is 0.573 e. The molecule has 0 aliphatic rings. The van der Waals surface area contributed by atoms with Crippen LogP contribution in [0, 0.1) is 0 Å². The molecule has 0 saturated heterocycles. The predicted molar refractivity (Wildman–Crippen MR) is 80.1 cm³/mol. The van der Waals surface area contributed by atoms with Gasteiger partial charge in [0.25, 0.3) is 0 Å². The highest BCUT2D eigenvalue weighted by Gasteiger charge is 2.31. The van der Waals surface area contributed by atoms with Gasteiger partial charge in [-0.15, -0.1) is 13.2 Å². The standard InChI is InChI=1S/C16H14F3N3O/c1-20-9-11-8-14(15-21-6-7-22(15)10-11)12-2-4-13(5-3-12)23-16(17,18)19/h2-8,10,20H,9H2,1H3. The van der Waals surface area contributed by atoms with Crippen LogP contribution in [0.3, 0.4) is 0 Å². The first kappa shape index (κ1) is 15.4. The highest BCUT2D eigenvalue weighted by molar-refractivity contribution is 5.78. The quantitative estimate of drug-likeness (QED) is 0.798. The molecule has 4 nitrogen and oxygen atoms in total. The summed E-state index contributed by atoms with van der Waals surface area (Å²) in [6.45, 7) is 0.677. The lowest BCUT2D eigenvalue weighted by molar-refractivity contribution is -0.274. The summed E-state index contributed by atoms with van der Waals surface area (Å²) >= 11 is 0. The summed E-state index contributed by atoms with van der Waals surface area (Å²) in [5.41, 5.74) is 3.41. The van der Waals surface area contributed by atoms with Crippen LogP contribution in [0.4, 0.5) is 13.2 Å². The van der Waals surface area contributed by atoms with E-state index in [2.05, 4.69) is 15.0 Å². The van der Waals surface area contributed by atoms with Gasteiger partial charge < -0.3 is 14.5 Å². The molecule has 0 unspecified atom stereocenters. The van der Waals surface area contributed by atoms with Gasteiger partial charge in [-0.1, -0.05) is 12.1 Å². The van der Waals surface area contributed by atoms with Crippen LogP contribution in [0.2, 0.25) is 0 Å². The van der Waals surface area contributed by atoms with Crippen molar-refractivity contribution >= 4 is 5.65 Å². The monoisotopic (exact) mass is 321 g/mol. The number of nitrogens with zero attached hydrogens (tertiary/aromatic N) is 2. The fourth-order valence-corrected chi connectivity index (χ4v) is 2.44. The SMILES string of the molecule is CNCc1cc(-c2ccc(OC(F)(F)F)cc2)c2nccn2c1. The van der Waals surface area contributed by atoms with E-state index in [1.165, 1.54) is 12.1 Å².